The number of amides is 2. The van der Waals surface area contributed by atoms with E-state index in [9.17, 15) is 9.59 Å². The quantitative estimate of drug-likeness (QED) is 0.783. The molecule has 0 aromatic carbocycles. The second-order valence-electron chi connectivity index (χ2n) is 6.03. The lowest BCUT2D eigenvalue weighted by molar-refractivity contribution is -0.140. The normalized spacial score (nSPS) is 28.5. The Morgan fingerprint density at radius 1 is 1.16 bits per heavy atom. The van der Waals surface area contributed by atoms with E-state index >= 15 is 0 Å². The second-order valence-corrected chi connectivity index (χ2v) is 6.03. The number of carbonyl (C=O) groups is 2. The van der Waals surface area contributed by atoms with E-state index in [0.717, 1.165) is 25.8 Å². The van der Waals surface area contributed by atoms with Crippen LogP contribution in [0.15, 0.2) is 0 Å². The molecule has 2 aliphatic heterocycles. The van der Waals surface area contributed by atoms with E-state index in [4.69, 9.17) is 0 Å². The summed E-state index contributed by atoms with van der Waals surface area (Å²) < 4.78 is 0. The Kier molecular flexibility index (Phi) is 4.45. The smallest absolute Gasteiger partial charge is 0.239 e. The molecule has 2 rings (SSSR count). The first kappa shape index (κ1) is 14.3. The summed E-state index contributed by atoms with van der Waals surface area (Å²) in [5.74, 6) is 0.932. The van der Waals surface area contributed by atoms with E-state index in [2.05, 4.69) is 12.2 Å². The molecule has 0 aromatic rings. The van der Waals surface area contributed by atoms with Gasteiger partial charge < -0.3 is 15.1 Å². The molecule has 0 bridgehead atoms. The van der Waals surface area contributed by atoms with E-state index in [-0.39, 0.29) is 23.8 Å². The van der Waals surface area contributed by atoms with Crippen molar-refractivity contribution >= 4 is 11.8 Å². The molecule has 2 aliphatic rings. The average Bonchev–Trinajstić information content (AvgIpc) is 2.83. The summed E-state index contributed by atoms with van der Waals surface area (Å²) in [5.41, 5.74) is 0. The van der Waals surface area contributed by atoms with E-state index in [0.29, 0.717) is 19.0 Å². The summed E-state index contributed by atoms with van der Waals surface area (Å²) in [5, 5.41) is 3.29. The molecular weight excluding hydrogens is 242 g/mol. The van der Waals surface area contributed by atoms with Crippen LogP contribution < -0.4 is 5.32 Å². The summed E-state index contributed by atoms with van der Waals surface area (Å²) in [6.45, 7) is 4.50. The second kappa shape index (κ2) is 5.90. The van der Waals surface area contributed by atoms with Gasteiger partial charge in [-0.05, 0) is 31.7 Å². The fourth-order valence-corrected chi connectivity index (χ4v) is 3.07. The van der Waals surface area contributed by atoms with Crippen molar-refractivity contribution in [1.82, 2.24) is 15.1 Å². The minimum Gasteiger partial charge on any atom is -0.349 e. The van der Waals surface area contributed by atoms with Crippen LogP contribution >= 0.6 is 0 Å². The summed E-state index contributed by atoms with van der Waals surface area (Å²) >= 11 is 0. The predicted octanol–water partition coefficient (Wildman–Crippen LogP) is 0.311. The van der Waals surface area contributed by atoms with E-state index in [1.165, 1.54) is 0 Å². The third kappa shape index (κ3) is 3.08. The zero-order chi connectivity index (χ0) is 14.0. The fraction of sp³-hybridized carbons (Fsp3) is 0.857. The minimum absolute atomic E-state index is 0.0129. The Bertz CT molecular complexity index is 349. The van der Waals surface area contributed by atoms with Crippen LogP contribution in [0.3, 0.4) is 0 Å². The Labute approximate surface area is 115 Å². The highest BCUT2D eigenvalue weighted by Crippen LogP contribution is 2.22. The molecule has 2 atom stereocenters. The molecule has 5 nitrogen and oxygen atoms in total. The highest BCUT2D eigenvalue weighted by molar-refractivity contribution is 5.83. The maximum atomic E-state index is 12.4. The number of nitrogens with one attached hydrogen (secondary N) is 1. The zero-order valence-electron chi connectivity index (χ0n) is 12.2. The van der Waals surface area contributed by atoms with Crippen molar-refractivity contribution in [2.24, 2.45) is 11.8 Å². The zero-order valence-corrected chi connectivity index (χ0v) is 12.2. The highest BCUT2D eigenvalue weighted by Gasteiger charge is 2.35. The van der Waals surface area contributed by atoms with Crippen LogP contribution in [-0.4, -0.2) is 61.4 Å². The predicted molar refractivity (Wildman–Crippen MR) is 73.6 cm³/mol. The van der Waals surface area contributed by atoms with Gasteiger partial charge in [-0.1, -0.05) is 6.92 Å². The van der Waals surface area contributed by atoms with Crippen molar-refractivity contribution in [3.8, 4) is 0 Å². The number of rotatable bonds is 2. The molecule has 2 heterocycles. The summed E-state index contributed by atoms with van der Waals surface area (Å²) in [6, 6.07) is -0.0129. The van der Waals surface area contributed by atoms with Crippen LogP contribution in [0.4, 0.5) is 0 Å². The lowest BCUT2D eigenvalue weighted by Crippen LogP contribution is -2.50. The first-order valence-corrected chi connectivity index (χ1v) is 7.24. The van der Waals surface area contributed by atoms with Gasteiger partial charge in [0, 0.05) is 33.1 Å². The van der Waals surface area contributed by atoms with E-state index in [1.54, 1.807) is 19.0 Å². The maximum absolute atomic E-state index is 12.4. The molecule has 108 valence electrons. The summed E-state index contributed by atoms with van der Waals surface area (Å²) in [7, 11) is 3.59. The molecule has 2 fully saturated rings. The van der Waals surface area contributed by atoms with Crippen LogP contribution in [0.1, 0.15) is 26.2 Å². The molecular formula is C14H25N3O2. The standard InChI is InChI=1S/C14H25N3O2/c1-10-4-7-15-12(10)14(19)17-8-5-11(6-9-17)13(18)16(2)3/h10-12,15H,4-9H2,1-3H3. The van der Waals surface area contributed by atoms with Gasteiger partial charge in [-0.15, -0.1) is 0 Å². The number of likely N-dealkylation sites (tertiary alicyclic amines) is 1. The van der Waals surface area contributed by atoms with Crippen molar-refractivity contribution in [1.29, 1.82) is 0 Å². The Hall–Kier alpha value is -1.10. The molecule has 1 N–H and O–H groups in total. The van der Waals surface area contributed by atoms with Gasteiger partial charge >= 0.3 is 0 Å². The largest absolute Gasteiger partial charge is 0.349 e. The molecule has 19 heavy (non-hydrogen) atoms. The lowest BCUT2D eigenvalue weighted by atomic mass is 9.94. The molecule has 2 unspecified atom stereocenters. The first-order chi connectivity index (χ1) is 9.00. The van der Waals surface area contributed by atoms with Crippen LogP contribution in [0.2, 0.25) is 0 Å². The van der Waals surface area contributed by atoms with Gasteiger partial charge in [-0.2, -0.15) is 0 Å². The van der Waals surface area contributed by atoms with Crippen LogP contribution in [-0.2, 0) is 9.59 Å². The molecule has 0 radical (unpaired) electrons. The Morgan fingerprint density at radius 2 is 1.79 bits per heavy atom. The van der Waals surface area contributed by atoms with Crippen molar-refractivity contribution in [3.63, 3.8) is 0 Å². The van der Waals surface area contributed by atoms with Crippen LogP contribution in [0, 0.1) is 11.8 Å². The maximum Gasteiger partial charge on any atom is 0.239 e. The average molecular weight is 267 g/mol. The van der Waals surface area contributed by atoms with Crippen LogP contribution in [0.25, 0.3) is 0 Å². The molecule has 0 aromatic heterocycles. The van der Waals surface area contributed by atoms with Crippen molar-refractivity contribution in [2.75, 3.05) is 33.7 Å². The molecule has 0 saturated carbocycles. The minimum atomic E-state index is -0.0129. The van der Waals surface area contributed by atoms with Crippen molar-refractivity contribution in [2.45, 2.75) is 32.2 Å². The van der Waals surface area contributed by atoms with Crippen molar-refractivity contribution < 1.29 is 9.59 Å². The summed E-state index contributed by atoms with van der Waals surface area (Å²) in [6.07, 6.45) is 2.67. The number of hydrogen-bond acceptors (Lipinski definition) is 3. The molecule has 5 heteroatoms. The Balaban J connectivity index is 1.86. The van der Waals surface area contributed by atoms with Gasteiger partial charge in [0.25, 0.3) is 0 Å². The summed E-state index contributed by atoms with van der Waals surface area (Å²) in [4.78, 5) is 27.9. The topological polar surface area (TPSA) is 52.7 Å². The third-order valence-electron chi connectivity index (χ3n) is 4.40. The third-order valence-corrected chi connectivity index (χ3v) is 4.40. The Morgan fingerprint density at radius 3 is 2.26 bits per heavy atom. The number of carbonyl (C=O) groups excluding carboxylic acids is 2. The van der Waals surface area contributed by atoms with Gasteiger partial charge in [0.2, 0.25) is 11.8 Å². The van der Waals surface area contributed by atoms with Gasteiger partial charge in [-0.25, -0.2) is 0 Å². The van der Waals surface area contributed by atoms with Gasteiger partial charge in [0.1, 0.15) is 0 Å². The fourth-order valence-electron chi connectivity index (χ4n) is 3.07. The molecule has 2 saturated heterocycles. The van der Waals surface area contributed by atoms with E-state index in [1.807, 2.05) is 4.90 Å². The van der Waals surface area contributed by atoms with E-state index < -0.39 is 0 Å². The number of piperidine rings is 1. The monoisotopic (exact) mass is 267 g/mol. The van der Waals surface area contributed by atoms with Crippen molar-refractivity contribution in [3.05, 3.63) is 0 Å². The molecule has 0 aliphatic carbocycles. The van der Waals surface area contributed by atoms with Crippen LogP contribution in [0.5, 0.6) is 0 Å². The molecule has 2 amide bonds. The van der Waals surface area contributed by atoms with Gasteiger partial charge in [0.05, 0.1) is 6.04 Å². The van der Waals surface area contributed by atoms with Gasteiger partial charge in [-0.3, -0.25) is 9.59 Å². The first-order valence-electron chi connectivity index (χ1n) is 7.24. The molecule has 0 spiro atoms. The SMILES string of the molecule is CC1CCNC1C(=O)N1CCC(C(=O)N(C)C)CC1. The van der Waals surface area contributed by atoms with Gasteiger partial charge in [0.15, 0.2) is 0 Å². The number of nitrogens with zero attached hydrogens (tertiary/aromatic N) is 2. The number of hydrogen-bond donors (Lipinski definition) is 1. The lowest BCUT2D eigenvalue weighted by Gasteiger charge is -2.34. The highest BCUT2D eigenvalue weighted by atomic mass is 16.2.